The first-order valence-electron chi connectivity index (χ1n) is 8.71. The number of hydrogen-bond acceptors (Lipinski definition) is 5. The molecule has 26 heavy (non-hydrogen) atoms. The Hall–Kier alpha value is -2.73. The van der Waals surface area contributed by atoms with Gasteiger partial charge in [0.1, 0.15) is 5.75 Å². The molecule has 0 saturated carbocycles. The van der Waals surface area contributed by atoms with E-state index < -0.39 is 6.10 Å². The number of hydrogen-bond donors (Lipinski definition) is 2. The molecular weight excluding hydrogens is 334 g/mol. The van der Waals surface area contributed by atoms with Crippen LogP contribution < -0.4 is 19.5 Å². The van der Waals surface area contributed by atoms with Crippen LogP contribution in [0.2, 0.25) is 0 Å². The fourth-order valence-corrected chi connectivity index (χ4v) is 2.75. The molecule has 1 unspecified atom stereocenters. The van der Waals surface area contributed by atoms with E-state index in [2.05, 4.69) is 5.32 Å². The van der Waals surface area contributed by atoms with Crippen molar-refractivity contribution in [3.05, 3.63) is 53.6 Å². The average Bonchev–Trinajstić information content (AvgIpc) is 3.11. The number of aliphatic hydroxyl groups is 1. The summed E-state index contributed by atoms with van der Waals surface area (Å²) in [6, 6.07) is 12.8. The summed E-state index contributed by atoms with van der Waals surface area (Å²) in [4.78, 5) is 12.0. The molecule has 0 aromatic heterocycles. The van der Waals surface area contributed by atoms with Crippen molar-refractivity contribution in [2.24, 2.45) is 0 Å². The summed E-state index contributed by atoms with van der Waals surface area (Å²) in [5.41, 5.74) is 1.66. The van der Waals surface area contributed by atoms with Crippen LogP contribution in [0.1, 0.15) is 30.6 Å². The van der Waals surface area contributed by atoms with Crippen molar-refractivity contribution in [1.82, 2.24) is 5.32 Å². The number of aliphatic hydroxyl groups excluding tert-OH is 1. The van der Waals surface area contributed by atoms with Crippen LogP contribution in [0.3, 0.4) is 0 Å². The summed E-state index contributed by atoms with van der Waals surface area (Å²) < 4.78 is 15.9. The fraction of sp³-hybridized carbons (Fsp3) is 0.350. The molecule has 0 spiro atoms. The van der Waals surface area contributed by atoms with Crippen LogP contribution in [0, 0.1) is 0 Å². The van der Waals surface area contributed by atoms with Crippen LogP contribution in [0.4, 0.5) is 0 Å². The Morgan fingerprint density at radius 3 is 2.73 bits per heavy atom. The monoisotopic (exact) mass is 357 g/mol. The van der Waals surface area contributed by atoms with Gasteiger partial charge < -0.3 is 24.6 Å². The lowest BCUT2D eigenvalue weighted by Gasteiger charge is -2.12. The van der Waals surface area contributed by atoms with Gasteiger partial charge in [-0.1, -0.05) is 18.2 Å². The molecule has 0 saturated heterocycles. The number of carbonyl (C=O) groups is 1. The zero-order chi connectivity index (χ0) is 18.4. The smallest absolute Gasteiger partial charge is 0.231 e. The number of nitrogens with one attached hydrogen (secondary N) is 1. The van der Waals surface area contributed by atoms with Gasteiger partial charge in [-0.05, 0) is 48.7 Å². The SMILES string of the molecule is CCOc1ccc(CC(=O)NCCC(O)c2ccc3c(c2)OCO3)cc1. The third-order valence-corrected chi connectivity index (χ3v) is 4.12. The summed E-state index contributed by atoms with van der Waals surface area (Å²) in [5, 5.41) is 13.1. The third-order valence-electron chi connectivity index (χ3n) is 4.12. The Morgan fingerprint density at radius 1 is 1.19 bits per heavy atom. The van der Waals surface area contributed by atoms with Gasteiger partial charge in [-0.3, -0.25) is 4.79 Å². The molecule has 6 nitrogen and oxygen atoms in total. The second-order valence-electron chi connectivity index (χ2n) is 6.02. The van der Waals surface area contributed by atoms with Crippen molar-refractivity contribution < 1.29 is 24.1 Å². The van der Waals surface area contributed by atoms with Crippen LogP contribution in [-0.2, 0) is 11.2 Å². The molecule has 1 aliphatic heterocycles. The van der Waals surface area contributed by atoms with Crippen molar-refractivity contribution >= 4 is 5.91 Å². The highest BCUT2D eigenvalue weighted by Crippen LogP contribution is 2.34. The molecule has 138 valence electrons. The van der Waals surface area contributed by atoms with E-state index in [0.29, 0.717) is 37.5 Å². The molecule has 0 bridgehead atoms. The predicted octanol–water partition coefficient (Wildman–Crippen LogP) is 2.60. The normalized spacial score (nSPS) is 13.3. The lowest BCUT2D eigenvalue weighted by atomic mass is 10.1. The van der Waals surface area contributed by atoms with Crippen LogP contribution in [0.5, 0.6) is 17.2 Å². The molecule has 1 heterocycles. The molecule has 3 rings (SSSR count). The van der Waals surface area contributed by atoms with Gasteiger partial charge in [0.25, 0.3) is 0 Å². The fourth-order valence-electron chi connectivity index (χ4n) is 2.75. The zero-order valence-corrected chi connectivity index (χ0v) is 14.7. The quantitative estimate of drug-likeness (QED) is 0.759. The highest BCUT2D eigenvalue weighted by atomic mass is 16.7. The van der Waals surface area contributed by atoms with Crippen LogP contribution in [0.25, 0.3) is 0 Å². The lowest BCUT2D eigenvalue weighted by Crippen LogP contribution is -2.27. The summed E-state index contributed by atoms with van der Waals surface area (Å²) in [6.07, 6.45) is 0.0524. The number of ether oxygens (including phenoxy) is 3. The molecule has 0 fully saturated rings. The Kier molecular flexibility index (Phi) is 5.96. The first-order chi connectivity index (χ1) is 12.7. The number of carbonyl (C=O) groups excluding carboxylic acids is 1. The minimum atomic E-state index is -0.671. The van der Waals surface area contributed by atoms with E-state index in [1.165, 1.54) is 0 Å². The molecule has 0 aliphatic carbocycles. The van der Waals surface area contributed by atoms with Gasteiger partial charge in [0.05, 0.1) is 19.1 Å². The third kappa shape index (κ3) is 4.67. The topological polar surface area (TPSA) is 77.0 Å². The van der Waals surface area contributed by atoms with Gasteiger partial charge in [0.15, 0.2) is 11.5 Å². The maximum atomic E-state index is 12.0. The Balaban J connectivity index is 1.43. The molecule has 6 heteroatoms. The molecule has 1 aliphatic rings. The van der Waals surface area contributed by atoms with Gasteiger partial charge in [-0.25, -0.2) is 0 Å². The van der Waals surface area contributed by atoms with Crippen LogP contribution in [-0.4, -0.2) is 31.0 Å². The number of fused-ring (bicyclic) bond motifs is 1. The van der Waals surface area contributed by atoms with E-state index in [1.54, 1.807) is 18.2 Å². The average molecular weight is 357 g/mol. The van der Waals surface area contributed by atoms with Gasteiger partial charge in [0, 0.05) is 6.54 Å². The van der Waals surface area contributed by atoms with Crippen LogP contribution >= 0.6 is 0 Å². The standard InChI is InChI=1S/C20H23NO5/c1-2-24-16-6-3-14(4-7-16)11-20(23)21-10-9-17(22)15-5-8-18-19(12-15)26-13-25-18/h3-8,12,17,22H,2,9-11,13H2,1H3,(H,21,23). The Morgan fingerprint density at radius 2 is 1.96 bits per heavy atom. The van der Waals surface area contributed by atoms with Gasteiger partial charge in [0.2, 0.25) is 12.7 Å². The van der Waals surface area contributed by atoms with E-state index in [0.717, 1.165) is 16.9 Å². The van der Waals surface area contributed by atoms with Crippen molar-refractivity contribution in [2.75, 3.05) is 19.9 Å². The maximum absolute atomic E-state index is 12.0. The van der Waals surface area contributed by atoms with E-state index in [-0.39, 0.29) is 12.7 Å². The molecule has 1 amide bonds. The van der Waals surface area contributed by atoms with E-state index in [9.17, 15) is 9.90 Å². The van der Waals surface area contributed by atoms with Crippen LogP contribution in [0.15, 0.2) is 42.5 Å². The van der Waals surface area contributed by atoms with Gasteiger partial charge >= 0.3 is 0 Å². The molecule has 0 radical (unpaired) electrons. The number of rotatable bonds is 8. The molecular formula is C20H23NO5. The largest absolute Gasteiger partial charge is 0.494 e. The van der Waals surface area contributed by atoms with E-state index in [4.69, 9.17) is 14.2 Å². The maximum Gasteiger partial charge on any atom is 0.231 e. The zero-order valence-electron chi connectivity index (χ0n) is 14.7. The Bertz CT molecular complexity index is 744. The summed E-state index contributed by atoms with van der Waals surface area (Å²) in [5.74, 6) is 2.04. The molecule has 2 aromatic rings. The first-order valence-corrected chi connectivity index (χ1v) is 8.71. The number of benzene rings is 2. The minimum absolute atomic E-state index is 0.0768. The van der Waals surface area contributed by atoms with Gasteiger partial charge in [-0.2, -0.15) is 0 Å². The van der Waals surface area contributed by atoms with Crippen molar-refractivity contribution in [3.63, 3.8) is 0 Å². The van der Waals surface area contributed by atoms with Gasteiger partial charge in [-0.15, -0.1) is 0 Å². The second kappa shape index (κ2) is 8.58. The lowest BCUT2D eigenvalue weighted by molar-refractivity contribution is -0.120. The molecule has 2 aromatic carbocycles. The van der Waals surface area contributed by atoms with E-state index in [1.807, 2.05) is 31.2 Å². The number of amides is 1. The Labute approximate surface area is 152 Å². The predicted molar refractivity (Wildman–Crippen MR) is 96.5 cm³/mol. The van der Waals surface area contributed by atoms with E-state index >= 15 is 0 Å². The summed E-state index contributed by atoms with van der Waals surface area (Å²) in [6.45, 7) is 3.15. The van der Waals surface area contributed by atoms with Crippen molar-refractivity contribution in [3.8, 4) is 17.2 Å². The molecule has 2 N–H and O–H groups in total. The second-order valence-corrected chi connectivity index (χ2v) is 6.02. The summed E-state index contributed by atoms with van der Waals surface area (Å²) in [7, 11) is 0. The minimum Gasteiger partial charge on any atom is -0.494 e. The first kappa shape index (κ1) is 18.1. The van der Waals surface area contributed by atoms with Crippen molar-refractivity contribution in [1.29, 1.82) is 0 Å². The highest BCUT2D eigenvalue weighted by Gasteiger charge is 2.16. The molecule has 1 atom stereocenters. The highest BCUT2D eigenvalue weighted by molar-refractivity contribution is 5.78. The summed E-state index contributed by atoms with van der Waals surface area (Å²) >= 11 is 0. The van der Waals surface area contributed by atoms with Crippen molar-refractivity contribution in [2.45, 2.75) is 25.9 Å².